The molecule has 4 N–H and O–H groups in total. The fraction of sp³-hybridized carbons (Fsp3) is 0.735. The fourth-order valence-corrected chi connectivity index (χ4v) is 8.41. The van der Waals surface area contributed by atoms with Crippen molar-refractivity contribution in [3.05, 3.63) is 41.7 Å². The maximum atomic E-state index is 13.1. The molecule has 2 saturated heterocycles. The molecule has 0 radical (unpaired) electrons. The number of aromatic nitrogens is 2. The van der Waals surface area contributed by atoms with Crippen LogP contribution in [0, 0.1) is 5.92 Å². The predicted molar refractivity (Wildman–Crippen MR) is 171 cm³/mol. The van der Waals surface area contributed by atoms with E-state index in [1.54, 1.807) is 10.9 Å². The molecule has 1 aromatic heterocycles. The largest absolute Gasteiger partial charge is 0.396 e. The number of nitrogen functional groups attached to an aromatic ring is 1. The molecule has 0 amide bonds. The maximum absolute atomic E-state index is 13.1. The Labute approximate surface area is 266 Å². The number of piperidine rings is 2. The van der Waals surface area contributed by atoms with Crippen molar-refractivity contribution in [3.63, 3.8) is 0 Å². The summed E-state index contributed by atoms with van der Waals surface area (Å²) in [6.07, 6.45) is 11.0. The first-order valence-electron chi connectivity index (χ1n) is 17.3. The third-order valence-corrected chi connectivity index (χ3v) is 11.2. The standard InChI is InChI=1S/C34H51F2N7O2/c1-33(28-5-2-3-6-30(28)43(40-33)26-11-17-38-18-12-26)45-34(15-4-16-34)23-44-27-13-19-41(20-14-27)21-24-7-9-25(10-8-24)42-22-29(37)31(39-42)32(35)36/h2-3,5-6,22,24-27,32,38,40H,4,7-21,23,37H2,1H3/t24?,25?,33-/m1/s1. The number of rotatable bonds is 10. The van der Waals surface area contributed by atoms with Crippen LogP contribution in [0.2, 0.25) is 0 Å². The quantitative estimate of drug-likeness (QED) is 0.318. The zero-order valence-corrected chi connectivity index (χ0v) is 26.7. The van der Waals surface area contributed by atoms with Crippen molar-refractivity contribution in [1.29, 1.82) is 0 Å². The number of nitrogens with zero attached hydrogens (tertiary/aromatic N) is 4. The molecular weight excluding hydrogens is 576 g/mol. The molecule has 0 unspecified atom stereocenters. The van der Waals surface area contributed by atoms with Crippen molar-refractivity contribution in [2.24, 2.45) is 5.92 Å². The zero-order chi connectivity index (χ0) is 31.0. The number of hydrazine groups is 1. The summed E-state index contributed by atoms with van der Waals surface area (Å²) in [5, 5.41) is 9.96. The Morgan fingerprint density at radius 2 is 1.73 bits per heavy atom. The number of ether oxygens (including phenoxy) is 2. The Hall–Kier alpha value is -2.31. The van der Waals surface area contributed by atoms with Gasteiger partial charge in [0.1, 0.15) is 0 Å². The van der Waals surface area contributed by atoms with Gasteiger partial charge >= 0.3 is 0 Å². The molecule has 2 aliphatic carbocycles. The molecule has 0 spiro atoms. The van der Waals surface area contributed by atoms with Crippen LogP contribution in [0.4, 0.5) is 20.2 Å². The minimum absolute atomic E-state index is 0.0982. The molecule has 2 saturated carbocycles. The first-order chi connectivity index (χ1) is 21.8. The van der Waals surface area contributed by atoms with Crippen LogP contribution in [0.1, 0.15) is 101 Å². The van der Waals surface area contributed by atoms with Gasteiger partial charge < -0.3 is 30.4 Å². The first-order valence-corrected chi connectivity index (χ1v) is 17.3. The van der Waals surface area contributed by atoms with Crippen LogP contribution in [-0.4, -0.2) is 71.8 Å². The summed E-state index contributed by atoms with van der Waals surface area (Å²) in [6.45, 7) is 8.17. The van der Waals surface area contributed by atoms with E-state index in [9.17, 15) is 8.78 Å². The van der Waals surface area contributed by atoms with Gasteiger partial charge in [0, 0.05) is 37.4 Å². The Bertz CT molecular complexity index is 1280. The number of alkyl halides is 2. The van der Waals surface area contributed by atoms with Crippen LogP contribution in [0.3, 0.4) is 0 Å². The highest BCUT2D eigenvalue weighted by molar-refractivity contribution is 5.60. The van der Waals surface area contributed by atoms with Crippen molar-refractivity contribution in [2.75, 3.05) is 50.1 Å². The molecule has 7 rings (SSSR count). The molecule has 1 atom stereocenters. The number of para-hydroxylation sites is 1. The Morgan fingerprint density at radius 1 is 1.00 bits per heavy atom. The minimum atomic E-state index is -2.62. The van der Waals surface area contributed by atoms with Gasteiger partial charge in [0.05, 0.1) is 35.7 Å². The number of likely N-dealkylation sites (tertiary alicyclic amines) is 1. The average Bonchev–Trinajstić information content (AvgIpc) is 3.58. The number of nitrogens with two attached hydrogens (primary N) is 1. The first kappa shape index (κ1) is 31.3. The van der Waals surface area contributed by atoms with Crippen molar-refractivity contribution >= 4 is 11.4 Å². The second-order valence-electron chi connectivity index (χ2n) is 14.4. The minimum Gasteiger partial charge on any atom is -0.396 e. The molecule has 3 aliphatic heterocycles. The van der Waals surface area contributed by atoms with E-state index < -0.39 is 12.2 Å². The lowest BCUT2D eigenvalue weighted by molar-refractivity contribution is -0.230. The second-order valence-corrected chi connectivity index (χ2v) is 14.4. The van der Waals surface area contributed by atoms with Crippen molar-refractivity contribution < 1.29 is 18.3 Å². The lowest BCUT2D eigenvalue weighted by atomic mass is 9.80. The van der Waals surface area contributed by atoms with Crippen LogP contribution in [0.5, 0.6) is 0 Å². The molecule has 248 valence electrons. The Balaban J connectivity index is 0.876. The van der Waals surface area contributed by atoms with Gasteiger partial charge in [-0.1, -0.05) is 18.2 Å². The molecule has 4 heterocycles. The average molecular weight is 628 g/mol. The van der Waals surface area contributed by atoms with Gasteiger partial charge in [-0.25, -0.2) is 8.78 Å². The van der Waals surface area contributed by atoms with E-state index in [1.807, 2.05) is 0 Å². The summed E-state index contributed by atoms with van der Waals surface area (Å²) in [7, 11) is 0. The van der Waals surface area contributed by atoms with Crippen molar-refractivity contribution in [2.45, 2.75) is 113 Å². The van der Waals surface area contributed by atoms with Crippen LogP contribution in [0.25, 0.3) is 0 Å². The molecule has 5 aliphatic rings. The zero-order valence-electron chi connectivity index (χ0n) is 26.7. The van der Waals surface area contributed by atoms with E-state index in [-0.39, 0.29) is 29.1 Å². The van der Waals surface area contributed by atoms with Gasteiger partial charge in [0.2, 0.25) is 0 Å². The van der Waals surface area contributed by atoms with Crippen LogP contribution < -0.4 is 21.5 Å². The summed E-state index contributed by atoms with van der Waals surface area (Å²) in [4.78, 5) is 2.59. The monoisotopic (exact) mass is 627 g/mol. The number of fused-ring (bicyclic) bond motifs is 1. The van der Waals surface area contributed by atoms with E-state index in [4.69, 9.17) is 15.2 Å². The molecule has 4 fully saturated rings. The van der Waals surface area contributed by atoms with Crippen molar-refractivity contribution in [3.8, 4) is 0 Å². The number of nitrogens with one attached hydrogen (secondary N) is 2. The molecule has 45 heavy (non-hydrogen) atoms. The van der Waals surface area contributed by atoms with Gasteiger partial charge in [-0.2, -0.15) is 10.5 Å². The second kappa shape index (κ2) is 13.1. The van der Waals surface area contributed by atoms with E-state index in [2.05, 4.69) is 56.9 Å². The van der Waals surface area contributed by atoms with Crippen LogP contribution >= 0.6 is 0 Å². The SMILES string of the molecule is C[C@]1(OC2(COC3CCN(CC4CCC(n5cc(N)c(C(F)F)n5)CC4)CC3)CCC2)NN(C2CCNCC2)c2ccccc21. The highest BCUT2D eigenvalue weighted by Gasteiger charge is 2.50. The van der Waals surface area contributed by atoms with Gasteiger partial charge in [-0.05, 0) is 103 Å². The van der Waals surface area contributed by atoms with E-state index >= 15 is 0 Å². The number of anilines is 2. The number of hydrogen-bond donors (Lipinski definition) is 3. The smallest absolute Gasteiger partial charge is 0.284 e. The number of hydrogen-bond acceptors (Lipinski definition) is 8. The summed E-state index contributed by atoms with van der Waals surface area (Å²) in [6, 6.07) is 9.32. The highest BCUT2D eigenvalue weighted by Crippen LogP contribution is 2.47. The summed E-state index contributed by atoms with van der Waals surface area (Å²) >= 11 is 0. The van der Waals surface area contributed by atoms with Gasteiger partial charge in [0.15, 0.2) is 11.4 Å². The lowest BCUT2D eigenvalue weighted by Gasteiger charge is -2.48. The van der Waals surface area contributed by atoms with E-state index in [0.29, 0.717) is 18.6 Å². The molecular formula is C34H51F2N7O2. The summed E-state index contributed by atoms with van der Waals surface area (Å²) in [5.74, 6) is 0.639. The molecule has 1 aromatic carbocycles. The third-order valence-electron chi connectivity index (χ3n) is 11.2. The van der Waals surface area contributed by atoms with Gasteiger partial charge in [-0.3, -0.25) is 4.68 Å². The van der Waals surface area contributed by atoms with Gasteiger partial charge in [-0.15, -0.1) is 0 Å². The van der Waals surface area contributed by atoms with E-state index in [0.717, 1.165) is 96.9 Å². The topological polar surface area (TPSA) is 92.8 Å². The lowest BCUT2D eigenvalue weighted by Crippen LogP contribution is -2.58. The Morgan fingerprint density at radius 3 is 2.40 bits per heavy atom. The normalized spacial score (nSPS) is 29.6. The maximum Gasteiger partial charge on any atom is 0.284 e. The molecule has 0 bridgehead atoms. The summed E-state index contributed by atoms with van der Waals surface area (Å²) < 4.78 is 41.6. The number of halogens is 2. The molecule has 11 heteroatoms. The van der Waals surface area contributed by atoms with Crippen LogP contribution in [-0.2, 0) is 15.2 Å². The molecule has 9 nitrogen and oxygen atoms in total. The molecule has 2 aromatic rings. The number of benzene rings is 1. The van der Waals surface area contributed by atoms with Crippen LogP contribution in [0.15, 0.2) is 30.5 Å². The summed E-state index contributed by atoms with van der Waals surface area (Å²) in [5.41, 5.74) is 11.0. The fourth-order valence-electron chi connectivity index (χ4n) is 8.41. The van der Waals surface area contributed by atoms with Crippen molar-refractivity contribution in [1.82, 2.24) is 25.4 Å². The van der Waals surface area contributed by atoms with Gasteiger partial charge in [0.25, 0.3) is 6.43 Å². The third kappa shape index (κ3) is 6.61. The highest BCUT2D eigenvalue weighted by atomic mass is 19.3. The Kier molecular flexibility index (Phi) is 9.09. The van der Waals surface area contributed by atoms with E-state index in [1.165, 1.54) is 17.7 Å². The predicted octanol–water partition coefficient (Wildman–Crippen LogP) is 5.50.